The van der Waals surface area contributed by atoms with Crippen LogP contribution in [0.1, 0.15) is 55.6 Å². The Morgan fingerprint density at radius 1 is 0.272 bits per heavy atom. The molecule has 6 rings (SSSR count). The lowest BCUT2D eigenvalue weighted by atomic mass is 9.71. The number of benzene rings is 4. The van der Waals surface area contributed by atoms with Crippen LogP contribution in [0, 0.1) is 0 Å². The van der Waals surface area contributed by atoms with Crippen molar-refractivity contribution in [1.29, 1.82) is 0 Å². The Morgan fingerprint density at radius 2 is 0.457 bits per heavy atom. The van der Waals surface area contributed by atoms with Crippen LogP contribution in [-0.4, -0.2) is 36.0 Å². The average molecular weight is 1220 g/mol. The summed E-state index contributed by atoms with van der Waals surface area (Å²) in [5, 5.41) is 0. The fraction of sp³-hybridized carbons (Fsp3) is 0.256. The van der Waals surface area contributed by atoms with Crippen LogP contribution in [-0.2, 0) is 74.0 Å². The molecule has 440 valence electrons. The van der Waals surface area contributed by atoms with Crippen LogP contribution in [0.15, 0.2) is 72.8 Å². The Kier molecular flexibility index (Phi) is 14.7. The second-order valence-electron chi connectivity index (χ2n) is 16.2. The molecular formula is C43H12F30N2O6. The molecule has 4 aromatic carbocycles. The maximum atomic E-state index is 15.5. The molecule has 0 N–H and O–H groups in total. The van der Waals surface area contributed by atoms with Crippen molar-refractivity contribution >= 4 is 35.0 Å². The molecule has 0 aliphatic carbocycles. The van der Waals surface area contributed by atoms with Crippen molar-refractivity contribution in [3.8, 4) is 23.0 Å². The van der Waals surface area contributed by atoms with Gasteiger partial charge in [-0.1, -0.05) is 0 Å². The van der Waals surface area contributed by atoms with Crippen molar-refractivity contribution in [2.45, 2.75) is 67.2 Å². The first-order valence-electron chi connectivity index (χ1n) is 20.1. The predicted molar refractivity (Wildman–Crippen MR) is 202 cm³/mol. The Labute approximate surface area is 424 Å². The largest absolute Gasteiger partial charge is 0.456 e. The number of hydrogen-bond donors (Lipinski definition) is 0. The van der Waals surface area contributed by atoms with Crippen LogP contribution in [0.4, 0.5) is 143 Å². The first-order chi connectivity index (χ1) is 36.2. The van der Waals surface area contributed by atoms with Gasteiger partial charge < -0.3 is 9.47 Å². The van der Waals surface area contributed by atoms with Crippen molar-refractivity contribution in [1.82, 2.24) is 0 Å². The normalized spacial score (nSPS) is 15.7. The fourth-order valence-corrected chi connectivity index (χ4v) is 7.89. The number of amides is 4. The van der Waals surface area contributed by atoms with E-state index in [0.717, 1.165) is 0 Å². The Hall–Kier alpha value is -7.86. The number of imide groups is 2. The van der Waals surface area contributed by atoms with Gasteiger partial charge in [0, 0.05) is 24.3 Å². The van der Waals surface area contributed by atoms with Crippen LogP contribution >= 0.6 is 0 Å². The van der Waals surface area contributed by atoms with Gasteiger partial charge >= 0.3 is 61.8 Å². The second-order valence-corrected chi connectivity index (χ2v) is 16.2. The van der Waals surface area contributed by atoms with Gasteiger partial charge in [-0.15, -0.1) is 0 Å². The maximum absolute atomic E-state index is 15.5. The highest BCUT2D eigenvalue weighted by Gasteiger charge is 2.74. The lowest BCUT2D eigenvalue weighted by Crippen LogP contribution is -2.55. The summed E-state index contributed by atoms with van der Waals surface area (Å²) >= 11 is 0. The van der Waals surface area contributed by atoms with E-state index in [1.165, 1.54) is 0 Å². The SMILES string of the molecule is O=C1C=CC(=O)N1c1c(C(F)(F)F)cc(Oc2c(C(F)(F)F)cc(C(c3cc(C(F)(F)F)c(Oc4cc(C(F)(F)F)c(N5C(=O)C=CC5=O)c(C(F)(F)F)c4)c(C(F)(F)F)c3)(C(F)(F)F)C(F)(F)F)cc2C(F)(F)F)cc1C(F)(F)F. The first-order valence-corrected chi connectivity index (χ1v) is 20.1. The van der Waals surface area contributed by atoms with Crippen LogP contribution < -0.4 is 19.3 Å². The molecule has 2 aliphatic rings. The molecule has 0 bridgehead atoms. The summed E-state index contributed by atoms with van der Waals surface area (Å²) < 4.78 is 452. The number of carbonyl (C=O) groups excluding carboxylic acids is 4. The average Bonchev–Trinajstić information content (AvgIpc) is 3.77. The first kappa shape index (κ1) is 62.3. The zero-order chi connectivity index (χ0) is 62.1. The van der Waals surface area contributed by atoms with Crippen LogP contribution in [0.3, 0.4) is 0 Å². The van der Waals surface area contributed by atoms with Crippen LogP contribution in [0.5, 0.6) is 23.0 Å². The van der Waals surface area contributed by atoms with Crippen molar-refractivity contribution in [2.24, 2.45) is 0 Å². The van der Waals surface area contributed by atoms with E-state index in [1.54, 1.807) is 0 Å². The summed E-state index contributed by atoms with van der Waals surface area (Å²) in [4.78, 5) is 47.0. The van der Waals surface area contributed by atoms with Crippen molar-refractivity contribution in [2.75, 3.05) is 9.80 Å². The summed E-state index contributed by atoms with van der Waals surface area (Å²) in [6.45, 7) is 0. The van der Waals surface area contributed by atoms with Gasteiger partial charge in [-0.05, 0) is 59.7 Å². The summed E-state index contributed by atoms with van der Waals surface area (Å²) in [6.07, 6.45) is -69.9. The van der Waals surface area contributed by atoms with Gasteiger partial charge in [-0.25, -0.2) is 9.80 Å². The van der Waals surface area contributed by atoms with Crippen molar-refractivity contribution in [3.63, 3.8) is 0 Å². The molecule has 2 aliphatic heterocycles. The lowest BCUT2D eigenvalue weighted by molar-refractivity contribution is -0.289. The van der Waals surface area contributed by atoms with E-state index in [4.69, 9.17) is 0 Å². The lowest BCUT2D eigenvalue weighted by Gasteiger charge is -2.40. The third-order valence-electron chi connectivity index (χ3n) is 11.0. The third-order valence-corrected chi connectivity index (χ3v) is 11.0. The van der Waals surface area contributed by atoms with Crippen LogP contribution in [0.25, 0.3) is 0 Å². The number of nitrogens with zero attached hydrogens (tertiary/aromatic N) is 2. The molecule has 0 saturated carbocycles. The molecule has 8 nitrogen and oxygen atoms in total. The van der Waals surface area contributed by atoms with Crippen molar-refractivity contribution in [3.05, 3.63) is 128 Å². The van der Waals surface area contributed by atoms with E-state index in [1.807, 2.05) is 0 Å². The van der Waals surface area contributed by atoms with E-state index < -0.39 is 239 Å². The van der Waals surface area contributed by atoms with E-state index in [0.29, 0.717) is 0 Å². The minimum absolute atomic E-state index is 0.0360. The predicted octanol–water partition coefficient (Wildman–Crippen LogP) is 15.7. The summed E-state index contributed by atoms with van der Waals surface area (Å²) in [5.74, 6) is -20.2. The molecule has 0 saturated heterocycles. The molecule has 2 heterocycles. The molecule has 0 radical (unpaired) electrons. The highest BCUT2D eigenvalue weighted by molar-refractivity contribution is 6.29. The van der Waals surface area contributed by atoms with Crippen molar-refractivity contribution < 1.29 is 160 Å². The number of hydrogen-bond acceptors (Lipinski definition) is 6. The molecule has 0 fully saturated rings. The van der Waals surface area contributed by atoms with E-state index in [-0.39, 0.29) is 24.3 Å². The Morgan fingerprint density at radius 3 is 0.617 bits per heavy atom. The van der Waals surface area contributed by atoms with Gasteiger partial charge in [0.05, 0.1) is 55.9 Å². The third kappa shape index (κ3) is 11.4. The van der Waals surface area contributed by atoms with E-state index >= 15 is 26.3 Å². The maximum Gasteiger partial charge on any atom is 0.420 e. The number of alkyl halides is 30. The standard InChI is InChI=1S/C43H12F30N2O6/c44-34(45,46)17-9-15(10-18(35(47,48)49)29(17)74-25(76)1-2-26(74)77)80-31-21(38(56,57)58)5-13(6-22(31)39(59,60)61)33(42(68,69)70,43(71,72)73)14-7-23(40(62,63)64)32(24(8-14)41(65,66)67)81-16-11-19(36(50,51)52)30(20(12-16)37(53,54)55)75-27(78)3-4-28(75)79/h1-12H. The van der Waals surface area contributed by atoms with Gasteiger partial charge in [-0.3, -0.25) is 19.2 Å². The van der Waals surface area contributed by atoms with Gasteiger partial charge in [0.1, 0.15) is 11.5 Å². The zero-order valence-electron chi connectivity index (χ0n) is 37.1. The molecule has 4 aromatic rings. The van der Waals surface area contributed by atoms with Crippen LogP contribution in [0.2, 0.25) is 0 Å². The smallest absolute Gasteiger partial charge is 0.420 e. The summed E-state index contributed by atoms with van der Waals surface area (Å²) in [7, 11) is 0. The molecule has 0 unspecified atom stereocenters. The Balaban J connectivity index is 1.75. The molecule has 38 heteroatoms. The fourth-order valence-electron chi connectivity index (χ4n) is 7.89. The molecule has 81 heavy (non-hydrogen) atoms. The number of rotatable bonds is 8. The van der Waals surface area contributed by atoms with Gasteiger partial charge in [0.15, 0.2) is 11.5 Å². The number of ether oxygens (including phenoxy) is 2. The molecule has 0 atom stereocenters. The van der Waals surface area contributed by atoms with Gasteiger partial charge in [0.25, 0.3) is 23.6 Å². The highest BCUT2D eigenvalue weighted by Crippen LogP contribution is 2.62. The summed E-state index contributed by atoms with van der Waals surface area (Å²) in [5.41, 5.74) is -47.5. The molecule has 0 aromatic heterocycles. The minimum Gasteiger partial charge on any atom is -0.456 e. The van der Waals surface area contributed by atoms with Gasteiger partial charge in [0.2, 0.25) is 5.41 Å². The second kappa shape index (κ2) is 19.1. The quantitative estimate of drug-likeness (QED) is 0.129. The minimum atomic E-state index is -7.98. The molecular weight excluding hydrogens is 1210 g/mol. The molecule has 4 amide bonds. The monoisotopic (exact) mass is 1220 g/mol. The molecule has 0 spiro atoms. The van der Waals surface area contributed by atoms with Gasteiger partial charge in [-0.2, -0.15) is 132 Å². The summed E-state index contributed by atoms with van der Waals surface area (Å²) in [6, 6.07) is -11.4. The number of carbonyl (C=O) groups is 4. The Bertz CT molecular complexity index is 2930. The number of anilines is 2. The topological polar surface area (TPSA) is 93.2 Å². The number of halogens is 30. The highest BCUT2D eigenvalue weighted by atomic mass is 19.4. The van der Waals surface area contributed by atoms with E-state index in [9.17, 15) is 125 Å². The van der Waals surface area contributed by atoms with E-state index in [2.05, 4.69) is 9.47 Å². The zero-order valence-corrected chi connectivity index (χ0v) is 37.1.